The Morgan fingerprint density at radius 3 is 2.54 bits per heavy atom. The summed E-state index contributed by atoms with van der Waals surface area (Å²) < 4.78 is 2.05. The minimum atomic E-state index is -0.186. The Morgan fingerprint density at radius 1 is 1.17 bits per heavy atom. The second kappa shape index (κ2) is 7.75. The van der Waals surface area contributed by atoms with Crippen molar-refractivity contribution >= 4 is 42.2 Å². The Morgan fingerprint density at radius 2 is 1.83 bits per heavy atom. The number of fused-ring (bicyclic) bond motifs is 1. The van der Waals surface area contributed by atoms with Crippen LogP contribution in [0.4, 0.5) is 5.82 Å². The first kappa shape index (κ1) is 18.4. The van der Waals surface area contributed by atoms with Crippen molar-refractivity contribution in [2.45, 2.75) is 12.2 Å². The summed E-state index contributed by atoms with van der Waals surface area (Å²) in [5.41, 5.74) is 8.73. The van der Waals surface area contributed by atoms with Gasteiger partial charge < -0.3 is 17.0 Å². The van der Waals surface area contributed by atoms with E-state index in [9.17, 15) is 4.79 Å². The van der Waals surface area contributed by atoms with Crippen LogP contribution in [0.3, 0.4) is 0 Å². The molecule has 1 aromatic heterocycles. The average Bonchev–Trinajstić information content (AvgIpc) is 2.57. The Hall–Kier alpha value is -1.95. The van der Waals surface area contributed by atoms with Crippen LogP contribution in [0.25, 0.3) is 10.9 Å². The largest absolute Gasteiger partial charge is 1.00 e. The van der Waals surface area contributed by atoms with Crippen LogP contribution in [0, 0.1) is 6.92 Å². The van der Waals surface area contributed by atoms with Crippen LogP contribution >= 0.6 is 0 Å². The summed E-state index contributed by atoms with van der Waals surface area (Å²) >= 11 is -0.186. The molecule has 1 heterocycles. The first-order valence-electron chi connectivity index (χ1n) is 7.14. The van der Waals surface area contributed by atoms with Crippen LogP contribution in [0.2, 0.25) is 5.32 Å². The standard InChI is InChI=1S/C17H16N4OSe.BrH/c1-11-6-8-12(9-7-11)15(22)10-23-17-20-14-5-3-2-4-13(14)16(18)21(17)19;/h2-9,18H,10,19H2,1H3;1H. The first-order valence-corrected chi connectivity index (χ1v) is 9.21. The van der Waals surface area contributed by atoms with Gasteiger partial charge in [0.2, 0.25) is 0 Å². The summed E-state index contributed by atoms with van der Waals surface area (Å²) in [6.45, 7) is 2.00. The smallest absolute Gasteiger partial charge is 1.00 e. The molecule has 0 atom stereocenters. The third kappa shape index (κ3) is 3.75. The van der Waals surface area contributed by atoms with Crippen LogP contribution in [0.5, 0.6) is 0 Å². The molecule has 0 unspecified atom stereocenters. The van der Waals surface area contributed by atoms with E-state index >= 15 is 0 Å². The number of para-hydroxylation sites is 1. The maximum Gasteiger partial charge on any atom is -1.00 e. The van der Waals surface area contributed by atoms with Gasteiger partial charge in [0.25, 0.3) is 0 Å². The van der Waals surface area contributed by atoms with Gasteiger partial charge in [0.15, 0.2) is 0 Å². The molecule has 0 amide bonds. The molecule has 2 aromatic carbocycles. The minimum absolute atomic E-state index is 0. The van der Waals surface area contributed by atoms with Crippen LogP contribution < -0.4 is 38.0 Å². The molecular weight excluding hydrogens is 435 g/mol. The summed E-state index contributed by atoms with van der Waals surface area (Å²) in [5, 5.41) is 1.22. The molecule has 5 nitrogen and oxygen atoms in total. The monoisotopic (exact) mass is 452 g/mol. The molecule has 0 bridgehead atoms. The fourth-order valence-electron chi connectivity index (χ4n) is 2.23. The molecule has 0 aliphatic carbocycles. The van der Waals surface area contributed by atoms with Crippen molar-refractivity contribution in [3.8, 4) is 0 Å². The molecule has 0 spiro atoms. The van der Waals surface area contributed by atoms with Crippen molar-refractivity contribution in [1.29, 1.82) is 0 Å². The van der Waals surface area contributed by atoms with Crippen molar-refractivity contribution < 1.29 is 26.5 Å². The molecule has 0 radical (unpaired) electrons. The van der Waals surface area contributed by atoms with E-state index < -0.39 is 0 Å². The average molecular weight is 452 g/mol. The quantitative estimate of drug-likeness (QED) is 0.203. The van der Waals surface area contributed by atoms with Gasteiger partial charge in [0.1, 0.15) is 0 Å². The van der Waals surface area contributed by atoms with Crippen LogP contribution in [-0.2, 0) is 0 Å². The van der Waals surface area contributed by atoms with Crippen molar-refractivity contribution in [2.75, 3.05) is 11.6 Å². The van der Waals surface area contributed by atoms with Gasteiger partial charge in [-0.2, -0.15) is 0 Å². The molecule has 0 saturated carbocycles. The SMILES string of the molecule is Cc1ccc(C(=O)C[Se]c2nc3ccccc3c(N)[n+]2N)cc1.[Br-]. The molecule has 0 fully saturated rings. The summed E-state index contributed by atoms with van der Waals surface area (Å²) in [5.74, 6) is 6.59. The van der Waals surface area contributed by atoms with Gasteiger partial charge in [-0.3, -0.25) is 0 Å². The fourth-order valence-corrected chi connectivity index (χ4v) is 3.97. The Bertz CT molecular complexity index is 884. The second-order valence-corrected chi connectivity index (χ2v) is 7.22. The van der Waals surface area contributed by atoms with Gasteiger partial charge >= 0.3 is 140 Å². The number of benzene rings is 2. The minimum Gasteiger partial charge on any atom is -1.00 e. The molecule has 124 valence electrons. The van der Waals surface area contributed by atoms with Crippen molar-refractivity contribution in [1.82, 2.24) is 4.98 Å². The van der Waals surface area contributed by atoms with Gasteiger partial charge in [-0.25, -0.2) is 0 Å². The van der Waals surface area contributed by atoms with E-state index in [0.29, 0.717) is 15.9 Å². The van der Waals surface area contributed by atoms with E-state index in [1.165, 1.54) is 4.68 Å². The number of ketones is 1. The number of Topliss-reactive ketones (excluding diaryl/α,β-unsaturated/α-hetero) is 1. The number of halogens is 1. The van der Waals surface area contributed by atoms with E-state index in [2.05, 4.69) is 4.98 Å². The molecule has 0 saturated heterocycles. The number of aromatic nitrogens is 2. The molecule has 7 heteroatoms. The third-order valence-electron chi connectivity index (χ3n) is 3.57. The number of nitrogens with two attached hydrogens (primary N) is 2. The Labute approximate surface area is 157 Å². The maximum atomic E-state index is 12.3. The normalized spacial score (nSPS) is 10.4. The number of aryl methyl sites for hydroxylation is 1. The molecular formula is C17H17BrN4OSe. The predicted molar refractivity (Wildman–Crippen MR) is 92.2 cm³/mol. The maximum absolute atomic E-state index is 12.3. The van der Waals surface area contributed by atoms with E-state index in [0.717, 1.165) is 22.0 Å². The predicted octanol–water partition coefficient (Wildman–Crippen LogP) is -2.24. The summed E-state index contributed by atoms with van der Waals surface area (Å²) in [6, 6.07) is 15.2. The number of rotatable bonds is 4. The zero-order valence-electron chi connectivity index (χ0n) is 13.1. The van der Waals surface area contributed by atoms with Gasteiger partial charge in [-0.1, -0.05) is 0 Å². The zero-order chi connectivity index (χ0) is 16.4. The van der Waals surface area contributed by atoms with Crippen LogP contribution in [0.1, 0.15) is 15.9 Å². The number of carbonyl (C=O) groups excluding carboxylic acids is 1. The Balaban J connectivity index is 0.00000208. The number of carbonyl (C=O) groups is 1. The zero-order valence-corrected chi connectivity index (χ0v) is 16.4. The topological polar surface area (TPSA) is 85.9 Å². The second-order valence-electron chi connectivity index (χ2n) is 5.24. The molecule has 3 rings (SSSR count). The summed E-state index contributed by atoms with van der Waals surface area (Å²) in [4.78, 5) is 16.8. The number of anilines is 1. The number of hydrogen-bond acceptors (Lipinski definition) is 4. The van der Waals surface area contributed by atoms with Crippen molar-refractivity contribution in [3.63, 3.8) is 0 Å². The first-order chi connectivity index (χ1) is 11.1. The number of nitrogen functional groups attached to an aromatic ring is 2. The van der Waals surface area contributed by atoms with Gasteiger partial charge in [-0.15, -0.1) is 0 Å². The molecule has 0 aliphatic heterocycles. The molecule has 4 N–H and O–H groups in total. The van der Waals surface area contributed by atoms with Gasteiger partial charge in [0.05, 0.1) is 0 Å². The van der Waals surface area contributed by atoms with E-state index in [-0.39, 0.29) is 37.7 Å². The molecule has 3 aromatic rings. The van der Waals surface area contributed by atoms with Gasteiger partial charge in [-0.05, 0) is 0 Å². The molecule has 0 aliphatic rings. The van der Waals surface area contributed by atoms with Crippen molar-refractivity contribution in [2.24, 2.45) is 0 Å². The summed E-state index contributed by atoms with van der Waals surface area (Å²) in [7, 11) is 0. The summed E-state index contributed by atoms with van der Waals surface area (Å²) in [6.07, 6.45) is 0. The fraction of sp³-hybridized carbons (Fsp3) is 0.118. The Kier molecular flexibility index (Phi) is 5.94. The van der Waals surface area contributed by atoms with Gasteiger partial charge in [0, 0.05) is 0 Å². The van der Waals surface area contributed by atoms with Crippen molar-refractivity contribution in [3.05, 3.63) is 59.7 Å². The molecule has 24 heavy (non-hydrogen) atoms. The number of hydrogen-bond donors (Lipinski definition) is 2. The van der Waals surface area contributed by atoms with E-state index in [1.54, 1.807) is 0 Å². The van der Waals surface area contributed by atoms with Crippen LogP contribution in [-0.4, -0.2) is 25.7 Å². The number of nitrogens with zero attached hydrogens (tertiary/aromatic N) is 2. The van der Waals surface area contributed by atoms with Crippen LogP contribution in [0.15, 0.2) is 48.5 Å². The van der Waals surface area contributed by atoms with E-state index in [4.69, 9.17) is 11.6 Å². The third-order valence-corrected chi connectivity index (χ3v) is 5.57. The van der Waals surface area contributed by atoms with E-state index in [1.807, 2.05) is 55.5 Å².